The summed E-state index contributed by atoms with van der Waals surface area (Å²) in [5.74, 6) is -5.47. The van der Waals surface area contributed by atoms with E-state index in [0.29, 0.717) is 12.0 Å². The van der Waals surface area contributed by atoms with E-state index in [2.05, 4.69) is 31.6 Å². The van der Waals surface area contributed by atoms with Crippen LogP contribution in [0, 0.1) is 5.92 Å². The van der Waals surface area contributed by atoms with Gasteiger partial charge in [-0.2, -0.15) is 0 Å². The number of aliphatic hydroxyl groups excluding tert-OH is 1. The number of carbonyl (C=O) groups is 6. The fourth-order valence-corrected chi connectivity index (χ4v) is 4.00. The summed E-state index contributed by atoms with van der Waals surface area (Å²) < 4.78 is 0. The minimum absolute atomic E-state index is 0.0357. The Balaban J connectivity index is 2.96. The summed E-state index contributed by atoms with van der Waals surface area (Å²) in [5.41, 5.74) is 16.9. The van der Waals surface area contributed by atoms with Gasteiger partial charge >= 0.3 is 5.97 Å². The Kier molecular flexibility index (Phi) is 17.1. The Hall–Kier alpha value is -4.97. The van der Waals surface area contributed by atoms with Gasteiger partial charge in [0.2, 0.25) is 29.5 Å². The number of nitrogens with one attached hydrogen (secondary N) is 5. The van der Waals surface area contributed by atoms with Crippen molar-refractivity contribution in [3.05, 3.63) is 29.8 Å². The van der Waals surface area contributed by atoms with Crippen LogP contribution >= 0.6 is 0 Å². The molecule has 0 unspecified atom stereocenters. The van der Waals surface area contributed by atoms with E-state index in [9.17, 15) is 39.0 Å². The van der Waals surface area contributed by atoms with Crippen LogP contribution in [0.1, 0.15) is 38.7 Å². The summed E-state index contributed by atoms with van der Waals surface area (Å²) in [6.45, 7) is 1.73. The number of carboxylic acid groups (broad SMARTS) is 1. The summed E-state index contributed by atoms with van der Waals surface area (Å²) in [7, 11) is 0. The first-order chi connectivity index (χ1) is 21.6. The van der Waals surface area contributed by atoms with Crippen molar-refractivity contribution in [3.8, 4) is 5.75 Å². The van der Waals surface area contributed by atoms with Gasteiger partial charge in [0.05, 0.1) is 19.2 Å². The van der Waals surface area contributed by atoms with Crippen molar-refractivity contribution in [2.24, 2.45) is 28.1 Å². The van der Waals surface area contributed by atoms with E-state index in [1.807, 2.05) is 0 Å². The fraction of sp³-hybridized carbons (Fsp3) is 0.536. The fourth-order valence-electron chi connectivity index (χ4n) is 4.00. The lowest BCUT2D eigenvalue weighted by Gasteiger charge is -2.25. The number of hydrogen-bond donors (Lipinski definition) is 11. The molecule has 0 bridgehead atoms. The predicted octanol–water partition coefficient (Wildman–Crippen LogP) is -3.87. The molecule has 0 radical (unpaired) electrons. The number of phenolic OH excluding ortho intramolecular Hbond substituents is 1. The van der Waals surface area contributed by atoms with Crippen LogP contribution in [0.3, 0.4) is 0 Å². The smallest absolute Gasteiger partial charge is 0.322 e. The van der Waals surface area contributed by atoms with E-state index in [0.717, 1.165) is 0 Å². The van der Waals surface area contributed by atoms with Crippen LogP contribution in [0.4, 0.5) is 0 Å². The second-order valence-electron chi connectivity index (χ2n) is 10.8. The lowest BCUT2D eigenvalue weighted by Crippen LogP contribution is -2.59. The van der Waals surface area contributed by atoms with Gasteiger partial charge < -0.3 is 59.1 Å². The number of aliphatic imine (C=N–C) groups is 1. The van der Waals surface area contributed by atoms with E-state index in [4.69, 9.17) is 22.3 Å². The van der Waals surface area contributed by atoms with Gasteiger partial charge in [-0.05, 0) is 42.9 Å². The lowest BCUT2D eigenvalue weighted by atomic mass is 10.0. The van der Waals surface area contributed by atoms with E-state index in [1.165, 1.54) is 24.3 Å². The maximum absolute atomic E-state index is 13.3. The van der Waals surface area contributed by atoms with Crippen LogP contribution in [-0.4, -0.2) is 107 Å². The average molecular weight is 652 g/mol. The van der Waals surface area contributed by atoms with Crippen LogP contribution < -0.4 is 43.8 Å². The first-order valence-corrected chi connectivity index (χ1v) is 14.5. The lowest BCUT2D eigenvalue weighted by molar-refractivity contribution is -0.138. The Morgan fingerprint density at radius 3 is 1.98 bits per heavy atom. The summed E-state index contributed by atoms with van der Waals surface area (Å²) in [5, 5.41) is 40.1. The number of aliphatic carboxylic acids is 1. The first-order valence-electron chi connectivity index (χ1n) is 14.5. The maximum atomic E-state index is 13.3. The number of amides is 5. The Labute approximate surface area is 265 Å². The number of carboxylic acids is 1. The highest BCUT2D eigenvalue weighted by Crippen LogP contribution is 2.12. The van der Waals surface area contributed by atoms with E-state index in [-0.39, 0.29) is 43.4 Å². The Morgan fingerprint density at radius 2 is 1.41 bits per heavy atom. The third-order valence-electron chi connectivity index (χ3n) is 6.32. The molecule has 1 aromatic carbocycles. The van der Waals surface area contributed by atoms with Crippen LogP contribution in [0.2, 0.25) is 0 Å². The van der Waals surface area contributed by atoms with Crippen molar-refractivity contribution in [3.63, 3.8) is 0 Å². The number of hydrogen-bond acceptors (Lipinski definition) is 10. The second kappa shape index (κ2) is 20.1. The second-order valence-corrected chi connectivity index (χ2v) is 10.8. The number of aliphatic hydroxyl groups is 1. The van der Waals surface area contributed by atoms with Gasteiger partial charge in [-0.1, -0.05) is 26.0 Å². The summed E-state index contributed by atoms with van der Waals surface area (Å²) in [4.78, 5) is 78.5. The van der Waals surface area contributed by atoms with Crippen molar-refractivity contribution in [2.75, 3.05) is 26.2 Å². The van der Waals surface area contributed by atoms with E-state index < -0.39 is 79.4 Å². The third-order valence-corrected chi connectivity index (χ3v) is 6.32. The highest BCUT2D eigenvalue weighted by atomic mass is 16.4. The van der Waals surface area contributed by atoms with E-state index in [1.54, 1.807) is 13.8 Å². The van der Waals surface area contributed by atoms with Crippen LogP contribution in [0.5, 0.6) is 5.75 Å². The molecule has 5 amide bonds. The molecular weight excluding hydrogens is 606 g/mol. The average Bonchev–Trinajstić information content (AvgIpc) is 2.99. The molecule has 0 spiro atoms. The molecule has 1 rings (SSSR count). The molecule has 1 aromatic rings. The molecule has 0 saturated heterocycles. The molecule has 0 aliphatic rings. The van der Waals surface area contributed by atoms with E-state index >= 15 is 0 Å². The molecule has 4 atom stereocenters. The zero-order chi connectivity index (χ0) is 34.8. The molecule has 14 N–H and O–H groups in total. The van der Waals surface area contributed by atoms with Gasteiger partial charge in [0, 0.05) is 13.0 Å². The summed E-state index contributed by atoms with van der Waals surface area (Å²) in [6.07, 6.45) is 0.677. The van der Waals surface area contributed by atoms with Crippen LogP contribution in [-0.2, 0) is 35.2 Å². The van der Waals surface area contributed by atoms with Crippen LogP contribution in [0.25, 0.3) is 0 Å². The number of nitrogens with two attached hydrogens (primary N) is 3. The SMILES string of the molecule is CC(C)C[C@@H](NC(=O)[C@@H](CO)NC(=O)[C@@H](Cc1ccc(O)cc1)NC(=O)CNC(=O)[C@H](N)CCCN=C(N)N)C(=O)NCC(=O)O. The number of carbonyl (C=O) groups excluding carboxylic acids is 5. The summed E-state index contributed by atoms with van der Waals surface area (Å²) in [6, 6.07) is 0.782. The number of guanidine groups is 1. The van der Waals surface area contributed by atoms with Crippen molar-refractivity contribution < 1.29 is 44.1 Å². The normalized spacial score (nSPS) is 13.3. The molecule has 0 aliphatic carbocycles. The Morgan fingerprint density at radius 1 is 0.826 bits per heavy atom. The standard InChI is InChI=1S/C28H45N9O9/c1-15(2)10-19(25(44)34-13-23(41)42)36-27(46)21(14-38)37-26(45)20(11-16-5-7-17(39)8-6-16)35-22(40)12-33-24(43)18(29)4-3-9-32-28(30)31/h5-8,15,18-21,38-39H,3-4,9-14,29H2,1-2H3,(H,33,43)(H,34,44)(H,35,40)(H,36,46)(H,37,45)(H,41,42)(H4,30,31,32)/t18-,19-,20-,21-/m1/s1. The summed E-state index contributed by atoms with van der Waals surface area (Å²) >= 11 is 0. The predicted molar refractivity (Wildman–Crippen MR) is 166 cm³/mol. The zero-order valence-corrected chi connectivity index (χ0v) is 25.8. The van der Waals surface area contributed by atoms with Gasteiger partial charge in [0.15, 0.2) is 5.96 Å². The number of benzene rings is 1. The first kappa shape index (κ1) is 39.1. The van der Waals surface area contributed by atoms with Crippen molar-refractivity contribution >= 4 is 41.5 Å². The number of nitrogens with zero attached hydrogens (tertiary/aromatic N) is 1. The van der Waals surface area contributed by atoms with Gasteiger partial charge in [-0.25, -0.2) is 0 Å². The molecule has 18 nitrogen and oxygen atoms in total. The minimum Gasteiger partial charge on any atom is -0.508 e. The van der Waals surface area contributed by atoms with Gasteiger partial charge in [-0.15, -0.1) is 0 Å². The number of phenols is 1. The zero-order valence-electron chi connectivity index (χ0n) is 25.8. The highest BCUT2D eigenvalue weighted by molar-refractivity contribution is 5.95. The molecule has 0 aliphatic heterocycles. The molecule has 18 heteroatoms. The number of rotatable bonds is 20. The van der Waals surface area contributed by atoms with Crippen molar-refractivity contribution in [1.82, 2.24) is 26.6 Å². The molecule has 256 valence electrons. The quantitative estimate of drug-likeness (QED) is 0.0366. The van der Waals surface area contributed by atoms with Crippen LogP contribution in [0.15, 0.2) is 29.3 Å². The topological polar surface area (TPSA) is 314 Å². The van der Waals surface area contributed by atoms with Crippen molar-refractivity contribution in [1.29, 1.82) is 0 Å². The van der Waals surface area contributed by atoms with Gasteiger partial charge in [0.25, 0.3) is 0 Å². The third kappa shape index (κ3) is 15.7. The molecule has 0 aromatic heterocycles. The molecule has 0 fully saturated rings. The molecular formula is C28H45N9O9. The molecule has 46 heavy (non-hydrogen) atoms. The van der Waals surface area contributed by atoms with Gasteiger partial charge in [-0.3, -0.25) is 33.8 Å². The van der Waals surface area contributed by atoms with Crippen molar-refractivity contribution in [2.45, 2.75) is 63.7 Å². The number of aromatic hydroxyl groups is 1. The largest absolute Gasteiger partial charge is 0.508 e. The minimum atomic E-state index is -1.55. The Bertz CT molecular complexity index is 1220. The van der Waals surface area contributed by atoms with Gasteiger partial charge in [0.1, 0.15) is 30.4 Å². The maximum Gasteiger partial charge on any atom is 0.322 e. The highest BCUT2D eigenvalue weighted by Gasteiger charge is 2.30. The monoisotopic (exact) mass is 651 g/mol. The molecule has 0 saturated carbocycles. The molecule has 0 heterocycles.